The number of benzene rings is 1. The zero-order valence-corrected chi connectivity index (χ0v) is 9.72. The molecular weight excluding hydrogens is 218 g/mol. The molecule has 0 saturated heterocycles. The van der Waals surface area contributed by atoms with Gasteiger partial charge in [-0.15, -0.1) is 0 Å². The monoisotopic (exact) mass is 233 g/mol. The third-order valence-corrected chi connectivity index (χ3v) is 2.20. The van der Waals surface area contributed by atoms with Gasteiger partial charge in [0.1, 0.15) is 13.2 Å². The topological polar surface area (TPSA) is 60.0 Å². The van der Waals surface area contributed by atoms with E-state index in [9.17, 15) is 0 Å². The molecule has 5 nitrogen and oxygen atoms in total. The summed E-state index contributed by atoms with van der Waals surface area (Å²) in [4.78, 5) is 4.21. The number of ether oxygens (including phenoxy) is 2. The normalized spacial score (nSPS) is 10.6. The van der Waals surface area contributed by atoms with Crippen molar-refractivity contribution in [1.82, 2.24) is 15.2 Å². The number of rotatable bonds is 6. The predicted molar refractivity (Wildman–Crippen MR) is 62.0 cm³/mol. The molecule has 90 valence electrons. The van der Waals surface area contributed by atoms with Gasteiger partial charge in [0.15, 0.2) is 11.6 Å². The highest BCUT2D eigenvalue weighted by atomic mass is 16.5. The summed E-state index contributed by atoms with van der Waals surface area (Å²) < 4.78 is 10.5. The predicted octanol–water partition coefficient (Wildman–Crippen LogP) is 1.67. The lowest BCUT2D eigenvalue weighted by Gasteiger charge is -2.00. The van der Waals surface area contributed by atoms with Gasteiger partial charge < -0.3 is 9.47 Å². The Balaban J connectivity index is 1.78. The molecule has 0 aliphatic heterocycles. The van der Waals surface area contributed by atoms with E-state index in [1.54, 1.807) is 7.11 Å². The maximum Gasteiger partial charge on any atom is 0.176 e. The molecule has 1 N–H and O–H groups in total. The summed E-state index contributed by atoms with van der Waals surface area (Å²) in [6, 6.07) is 10.0. The second kappa shape index (κ2) is 6.12. The standard InChI is InChI=1S/C12H15N3O2/c1-16-8-11-13-12(15-14-11)9-17-7-10-5-3-2-4-6-10/h2-6H,7-9H2,1H3,(H,13,14,15). The molecule has 1 aromatic carbocycles. The first-order valence-electron chi connectivity index (χ1n) is 5.39. The van der Waals surface area contributed by atoms with Crippen LogP contribution in [-0.2, 0) is 29.3 Å². The molecular formula is C12H15N3O2. The maximum atomic E-state index is 5.51. The molecule has 0 atom stereocenters. The summed E-state index contributed by atoms with van der Waals surface area (Å²) in [6.07, 6.45) is 0. The highest BCUT2D eigenvalue weighted by Crippen LogP contribution is 2.03. The van der Waals surface area contributed by atoms with Crippen molar-refractivity contribution >= 4 is 0 Å². The molecule has 17 heavy (non-hydrogen) atoms. The average Bonchev–Trinajstić information content (AvgIpc) is 2.79. The second-order valence-electron chi connectivity index (χ2n) is 3.61. The summed E-state index contributed by atoms with van der Waals surface area (Å²) in [5.74, 6) is 1.36. The lowest BCUT2D eigenvalue weighted by molar-refractivity contribution is 0.102. The molecule has 0 fully saturated rings. The highest BCUT2D eigenvalue weighted by molar-refractivity contribution is 5.13. The van der Waals surface area contributed by atoms with Crippen LogP contribution in [0.1, 0.15) is 17.2 Å². The van der Waals surface area contributed by atoms with Gasteiger partial charge in [-0.05, 0) is 5.56 Å². The summed E-state index contributed by atoms with van der Waals surface area (Å²) in [5, 5.41) is 6.81. The SMILES string of the molecule is COCc1nc(COCc2ccccc2)n[nH]1. The van der Waals surface area contributed by atoms with Crippen LogP contribution in [0.5, 0.6) is 0 Å². The minimum absolute atomic E-state index is 0.398. The van der Waals surface area contributed by atoms with Gasteiger partial charge in [-0.3, -0.25) is 5.10 Å². The fraction of sp³-hybridized carbons (Fsp3) is 0.333. The number of aromatic nitrogens is 3. The number of hydrogen-bond acceptors (Lipinski definition) is 4. The Morgan fingerprint density at radius 2 is 1.94 bits per heavy atom. The summed E-state index contributed by atoms with van der Waals surface area (Å²) in [7, 11) is 1.62. The van der Waals surface area contributed by atoms with Crippen molar-refractivity contribution in [3.63, 3.8) is 0 Å². The van der Waals surface area contributed by atoms with Gasteiger partial charge in [0.05, 0.1) is 6.61 Å². The smallest absolute Gasteiger partial charge is 0.176 e. The van der Waals surface area contributed by atoms with Gasteiger partial charge in [0.2, 0.25) is 0 Å². The molecule has 0 amide bonds. The van der Waals surface area contributed by atoms with Crippen molar-refractivity contribution in [1.29, 1.82) is 0 Å². The van der Waals surface area contributed by atoms with Crippen LogP contribution in [0, 0.1) is 0 Å². The van der Waals surface area contributed by atoms with Gasteiger partial charge >= 0.3 is 0 Å². The van der Waals surface area contributed by atoms with Crippen molar-refractivity contribution in [2.75, 3.05) is 7.11 Å². The van der Waals surface area contributed by atoms with Gasteiger partial charge in [0, 0.05) is 7.11 Å². The Hall–Kier alpha value is -1.72. The van der Waals surface area contributed by atoms with Crippen LogP contribution in [0.2, 0.25) is 0 Å². The summed E-state index contributed by atoms with van der Waals surface area (Å²) in [5.41, 5.74) is 1.14. The van der Waals surface area contributed by atoms with Crippen molar-refractivity contribution in [3.8, 4) is 0 Å². The van der Waals surface area contributed by atoms with Crippen LogP contribution in [0.25, 0.3) is 0 Å². The Bertz CT molecular complexity index is 442. The third-order valence-electron chi connectivity index (χ3n) is 2.20. The van der Waals surface area contributed by atoms with E-state index < -0.39 is 0 Å². The van der Waals surface area contributed by atoms with E-state index in [1.165, 1.54) is 0 Å². The van der Waals surface area contributed by atoms with Crippen LogP contribution >= 0.6 is 0 Å². The maximum absolute atomic E-state index is 5.51. The molecule has 2 rings (SSSR count). The fourth-order valence-electron chi connectivity index (χ4n) is 1.44. The van der Waals surface area contributed by atoms with Gasteiger partial charge in [0.25, 0.3) is 0 Å². The first-order chi connectivity index (χ1) is 8.38. The molecule has 1 aromatic heterocycles. The first kappa shape index (κ1) is 11.8. The Morgan fingerprint density at radius 3 is 2.71 bits per heavy atom. The second-order valence-corrected chi connectivity index (χ2v) is 3.61. The van der Waals surface area contributed by atoms with E-state index in [1.807, 2.05) is 30.3 Å². The van der Waals surface area contributed by atoms with Crippen LogP contribution in [0.4, 0.5) is 0 Å². The van der Waals surface area contributed by atoms with E-state index in [-0.39, 0.29) is 0 Å². The largest absolute Gasteiger partial charge is 0.377 e. The molecule has 1 heterocycles. The molecule has 0 unspecified atom stereocenters. The third kappa shape index (κ3) is 3.65. The van der Waals surface area contributed by atoms with Gasteiger partial charge in [-0.2, -0.15) is 5.10 Å². The number of nitrogens with one attached hydrogen (secondary N) is 1. The molecule has 0 spiro atoms. The van der Waals surface area contributed by atoms with E-state index >= 15 is 0 Å². The van der Waals surface area contributed by atoms with E-state index in [0.29, 0.717) is 31.5 Å². The van der Waals surface area contributed by atoms with Crippen LogP contribution < -0.4 is 0 Å². The van der Waals surface area contributed by atoms with Crippen molar-refractivity contribution in [2.24, 2.45) is 0 Å². The number of hydrogen-bond donors (Lipinski definition) is 1. The molecule has 0 radical (unpaired) electrons. The Labute approximate surface area is 99.8 Å². The average molecular weight is 233 g/mol. The van der Waals surface area contributed by atoms with Crippen LogP contribution in [-0.4, -0.2) is 22.3 Å². The van der Waals surface area contributed by atoms with Crippen molar-refractivity contribution < 1.29 is 9.47 Å². The molecule has 0 bridgehead atoms. The zero-order chi connectivity index (χ0) is 11.9. The van der Waals surface area contributed by atoms with E-state index in [4.69, 9.17) is 9.47 Å². The van der Waals surface area contributed by atoms with Gasteiger partial charge in [-0.25, -0.2) is 4.98 Å². The first-order valence-corrected chi connectivity index (χ1v) is 5.39. The Morgan fingerprint density at radius 1 is 1.12 bits per heavy atom. The van der Waals surface area contributed by atoms with Crippen molar-refractivity contribution in [2.45, 2.75) is 19.8 Å². The molecule has 0 aliphatic carbocycles. The number of methoxy groups -OCH3 is 1. The lowest BCUT2D eigenvalue weighted by Crippen LogP contribution is -1.96. The number of aromatic amines is 1. The zero-order valence-electron chi connectivity index (χ0n) is 9.72. The summed E-state index contributed by atoms with van der Waals surface area (Å²) >= 11 is 0. The minimum Gasteiger partial charge on any atom is -0.377 e. The highest BCUT2D eigenvalue weighted by Gasteiger charge is 2.02. The summed E-state index contributed by atoms with van der Waals surface area (Å²) in [6.45, 7) is 1.40. The molecule has 2 aromatic rings. The minimum atomic E-state index is 0.398. The molecule has 0 saturated carbocycles. The fourth-order valence-corrected chi connectivity index (χ4v) is 1.44. The number of nitrogens with zero attached hydrogens (tertiary/aromatic N) is 2. The van der Waals surface area contributed by atoms with E-state index in [0.717, 1.165) is 5.56 Å². The van der Waals surface area contributed by atoms with E-state index in [2.05, 4.69) is 15.2 Å². The quantitative estimate of drug-likeness (QED) is 0.824. The van der Waals surface area contributed by atoms with Crippen molar-refractivity contribution in [3.05, 3.63) is 47.5 Å². The Kier molecular flexibility index (Phi) is 4.23. The number of H-pyrrole nitrogens is 1. The van der Waals surface area contributed by atoms with Crippen LogP contribution in [0.3, 0.4) is 0 Å². The van der Waals surface area contributed by atoms with Gasteiger partial charge in [-0.1, -0.05) is 30.3 Å². The lowest BCUT2D eigenvalue weighted by atomic mass is 10.2. The van der Waals surface area contributed by atoms with Crippen LogP contribution in [0.15, 0.2) is 30.3 Å². The molecule has 0 aliphatic rings. The molecule has 5 heteroatoms.